The van der Waals surface area contributed by atoms with Crippen LogP contribution in [0.1, 0.15) is 34.3 Å². The lowest BCUT2D eigenvalue weighted by molar-refractivity contribution is -0.901. The van der Waals surface area contributed by atoms with Gasteiger partial charge >= 0.3 is 0 Å². The van der Waals surface area contributed by atoms with E-state index in [9.17, 15) is 4.79 Å². The number of nitrogens with zero attached hydrogens (tertiary/aromatic N) is 1. The van der Waals surface area contributed by atoms with Gasteiger partial charge in [0, 0.05) is 41.8 Å². The molecule has 0 spiro atoms. The van der Waals surface area contributed by atoms with Gasteiger partial charge in [0.1, 0.15) is 6.54 Å². The molecule has 1 aliphatic rings. The van der Waals surface area contributed by atoms with Gasteiger partial charge in [0.05, 0.1) is 18.7 Å². The Bertz CT molecular complexity index is 666. The Morgan fingerprint density at radius 3 is 2.52 bits per heavy atom. The Kier molecular flexibility index (Phi) is 5.41. The molecule has 2 aromatic rings. The van der Waals surface area contributed by atoms with Crippen LogP contribution in [0.15, 0.2) is 47.2 Å². The van der Waals surface area contributed by atoms with Crippen LogP contribution in [0.2, 0.25) is 0 Å². The molecule has 0 aliphatic carbocycles. The maximum absolute atomic E-state index is 12.1. The summed E-state index contributed by atoms with van der Waals surface area (Å²) in [6, 6.07) is 10.3. The molecule has 1 aromatic heterocycles. The number of nitrogens with one attached hydrogen (secondary N) is 2. The predicted molar refractivity (Wildman–Crippen MR) is 93.2 cm³/mol. The first-order valence-corrected chi connectivity index (χ1v) is 8.80. The molecule has 1 saturated heterocycles. The Balaban J connectivity index is 1.52. The van der Waals surface area contributed by atoms with E-state index in [1.807, 2.05) is 0 Å². The number of halogens is 1. The van der Waals surface area contributed by atoms with Crippen molar-refractivity contribution in [2.75, 3.05) is 13.1 Å². The van der Waals surface area contributed by atoms with Crippen LogP contribution < -0.4 is 10.2 Å². The molecule has 1 aromatic carbocycles. The van der Waals surface area contributed by atoms with Gasteiger partial charge in [0.2, 0.25) is 0 Å². The molecule has 2 N–H and O–H groups in total. The highest BCUT2D eigenvalue weighted by atomic mass is 79.9. The van der Waals surface area contributed by atoms with Crippen LogP contribution in [0.5, 0.6) is 0 Å². The molecule has 120 valence electrons. The maximum atomic E-state index is 12.1. The molecule has 0 unspecified atom stereocenters. The third-order valence-electron chi connectivity index (χ3n) is 4.21. The largest absolute Gasteiger partial charge is 0.348 e. The quantitative estimate of drug-likeness (QED) is 0.839. The lowest BCUT2D eigenvalue weighted by Gasteiger charge is -2.12. The Morgan fingerprint density at radius 1 is 1.13 bits per heavy atom. The zero-order valence-corrected chi connectivity index (χ0v) is 14.6. The standard InChI is InChI=1S/C18H20BrN3O/c19-17-9-16(11-20-12-17)18(23)21-10-14-3-5-15(6-4-14)13-22-7-1-2-8-22/h3-6,9,11-12H,1-2,7-8,10,13H2,(H,21,23)/p+1. The van der Waals surface area contributed by atoms with E-state index in [-0.39, 0.29) is 5.91 Å². The van der Waals surface area contributed by atoms with Crippen molar-refractivity contribution in [1.82, 2.24) is 10.3 Å². The second kappa shape index (κ2) is 7.70. The molecule has 0 bridgehead atoms. The van der Waals surface area contributed by atoms with E-state index in [1.165, 1.54) is 31.5 Å². The van der Waals surface area contributed by atoms with Gasteiger partial charge in [-0.1, -0.05) is 24.3 Å². The number of hydrogen-bond donors (Lipinski definition) is 2. The summed E-state index contributed by atoms with van der Waals surface area (Å²) in [5.74, 6) is -0.107. The summed E-state index contributed by atoms with van der Waals surface area (Å²) in [6.45, 7) is 4.22. The fraction of sp³-hybridized carbons (Fsp3) is 0.333. The van der Waals surface area contributed by atoms with Gasteiger partial charge < -0.3 is 10.2 Å². The Morgan fingerprint density at radius 2 is 1.83 bits per heavy atom. The van der Waals surface area contributed by atoms with Crippen LogP contribution in [0.4, 0.5) is 0 Å². The van der Waals surface area contributed by atoms with Crippen LogP contribution in [0.3, 0.4) is 0 Å². The van der Waals surface area contributed by atoms with Crippen molar-refractivity contribution in [2.45, 2.75) is 25.9 Å². The molecule has 1 amide bonds. The number of amides is 1. The van der Waals surface area contributed by atoms with Crippen molar-refractivity contribution in [3.05, 3.63) is 63.9 Å². The number of hydrogen-bond acceptors (Lipinski definition) is 2. The van der Waals surface area contributed by atoms with Gasteiger partial charge in [-0.3, -0.25) is 9.78 Å². The fourth-order valence-electron chi connectivity index (χ4n) is 2.94. The zero-order chi connectivity index (χ0) is 16.1. The van der Waals surface area contributed by atoms with Crippen molar-refractivity contribution >= 4 is 21.8 Å². The molecule has 4 nitrogen and oxygen atoms in total. The molecule has 1 fully saturated rings. The number of aromatic nitrogens is 1. The minimum atomic E-state index is -0.107. The van der Waals surface area contributed by atoms with Gasteiger partial charge in [-0.05, 0) is 27.6 Å². The number of carbonyl (C=O) groups excluding carboxylic acids is 1. The summed E-state index contributed by atoms with van der Waals surface area (Å²) in [7, 11) is 0. The zero-order valence-electron chi connectivity index (χ0n) is 13.0. The smallest absolute Gasteiger partial charge is 0.253 e. The third kappa shape index (κ3) is 4.62. The second-order valence-corrected chi connectivity index (χ2v) is 6.94. The number of quaternary nitrogens is 1. The first-order valence-electron chi connectivity index (χ1n) is 8.01. The summed E-state index contributed by atoms with van der Waals surface area (Å²) < 4.78 is 0.805. The van der Waals surface area contributed by atoms with E-state index < -0.39 is 0 Å². The molecular formula is C18H21BrN3O+. The number of likely N-dealkylation sites (tertiary alicyclic amines) is 1. The summed E-state index contributed by atoms with van der Waals surface area (Å²) in [6.07, 6.45) is 5.94. The maximum Gasteiger partial charge on any atom is 0.253 e. The minimum Gasteiger partial charge on any atom is -0.348 e. The van der Waals surface area contributed by atoms with Gasteiger partial charge in [-0.25, -0.2) is 0 Å². The summed E-state index contributed by atoms with van der Waals surface area (Å²) in [5, 5.41) is 2.93. The monoisotopic (exact) mass is 374 g/mol. The average Bonchev–Trinajstić information content (AvgIpc) is 3.07. The van der Waals surface area contributed by atoms with Crippen LogP contribution in [-0.4, -0.2) is 24.0 Å². The molecule has 1 aliphatic heterocycles. The molecule has 23 heavy (non-hydrogen) atoms. The van der Waals surface area contributed by atoms with E-state index in [4.69, 9.17) is 0 Å². The lowest BCUT2D eigenvalue weighted by Crippen LogP contribution is -3.08. The van der Waals surface area contributed by atoms with Gasteiger partial charge in [0.15, 0.2) is 0 Å². The van der Waals surface area contributed by atoms with E-state index in [1.54, 1.807) is 23.4 Å². The van der Waals surface area contributed by atoms with E-state index in [0.29, 0.717) is 12.1 Å². The van der Waals surface area contributed by atoms with Crippen molar-refractivity contribution < 1.29 is 9.69 Å². The van der Waals surface area contributed by atoms with Crippen LogP contribution in [-0.2, 0) is 13.1 Å². The molecule has 5 heteroatoms. The minimum absolute atomic E-state index is 0.107. The normalized spacial score (nSPS) is 14.8. The molecule has 2 heterocycles. The van der Waals surface area contributed by atoms with Crippen LogP contribution in [0.25, 0.3) is 0 Å². The lowest BCUT2D eigenvalue weighted by atomic mass is 10.1. The second-order valence-electron chi connectivity index (χ2n) is 6.02. The van der Waals surface area contributed by atoms with E-state index >= 15 is 0 Å². The fourth-order valence-corrected chi connectivity index (χ4v) is 3.30. The number of carbonyl (C=O) groups is 1. The Labute approximate surface area is 145 Å². The molecule has 0 radical (unpaired) electrons. The Hall–Kier alpha value is -1.72. The van der Waals surface area contributed by atoms with E-state index in [0.717, 1.165) is 16.6 Å². The summed E-state index contributed by atoms with van der Waals surface area (Å²) in [4.78, 5) is 17.8. The van der Waals surface area contributed by atoms with Gasteiger partial charge in [-0.2, -0.15) is 0 Å². The number of rotatable bonds is 5. The SMILES string of the molecule is O=C(NCc1ccc(C[NH+]2CCCC2)cc1)c1cncc(Br)c1. The first kappa shape index (κ1) is 16.1. The predicted octanol–water partition coefficient (Wildman–Crippen LogP) is 1.95. The van der Waals surface area contributed by atoms with Crippen molar-refractivity contribution in [3.8, 4) is 0 Å². The third-order valence-corrected chi connectivity index (χ3v) is 4.64. The topological polar surface area (TPSA) is 46.4 Å². The molecule has 0 atom stereocenters. The highest BCUT2D eigenvalue weighted by Crippen LogP contribution is 2.10. The van der Waals surface area contributed by atoms with Crippen LogP contribution in [0, 0.1) is 0 Å². The van der Waals surface area contributed by atoms with E-state index in [2.05, 4.69) is 50.5 Å². The molecular weight excluding hydrogens is 354 g/mol. The summed E-state index contributed by atoms with van der Waals surface area (Å²) in [5.41, 5.74) is 3.04. The number of benzene rings is 1. The summed E-state index contributed by atoms with van der Waals surface area (Å²) >= 11 is 3.33. The first-order chi connectivity index (χ1) is 11.2. The van der Waals surface area contributed by atoms with Crippen molar-refractivity contribution in [2.24, 2.45) is 0 Å². The molecule has 3 rings (SSSR count). The van der Waals surface area contributed by atoms with Crippen molar-refractivity contribution in [3.63, 3.8) is 0 Å². The number of pyridine rings is 1. The highest BCUT2D eigenvalue weighted by molar-refractivity contribution is 9.10. The van der Waals surface area contributed by atoms with Gasteiger partial charge in [-0.15, -0.1) is 0 Å². The van der Waals surface area contributed by atoms with Crippen molar-refractivity contribution in [1.29, 1.82) is 0 Å². The highest BCUT2D eigenvalue weighted by Gasteiger charge is 2.15. The average molecular weight is 375 g/mol. The van der Waals surface area contributed by atoms with Crippen LogP contribution >= 0.6 is 15.9 Å². The molecule has 0 saturated carbocycles. The van der Waals surface area contributed by atoms with Gasteiger partial charge in [0.25, 0.3) is 5.91 Å².